The SMILES string of the molecule is CCC(CCNC(=O)OC(C)(C)C)(C1=CCC(O)C=C1)c1ccc(Br)cc1.OC1C=CC(C2(c3ccc(Br)cc3)CCNCC2)=CC1. The number of carbonyl (C=O) groups excluding carboxylic acids is 1. The molecule has 3 aliphatic rings. The Morgan fingerprint density at radius 2 is 1.49 bits per heavy atom. The van der Waals surface area contributed by atoms with Crippen LogP contribution in [-0.4, -0.2) is 53.7 Å². The number of aliphatic hydroxyl groups is 2. The van der Waals surface area contributed by atoms with Gasteiger partial charge in [-0.05, 0) is 119 Å². The van der Waals surface area contributed by atoms with Crippen molar-refractivity contribution in [3.05, 3.63) is 116 Å². The molecular formula is C39H50Br2N2O4. The minimum absolute atomic E-state index is 0.0998. The van der Waals surface area contributed by atoms with Crippen LogP contribution >= 0.6 is 31.9 Å². The van der Waals surface area contributed by atoms with Crippen molar-refractivity contribution in [2.45, 2.75) is 94.9 Å². The Bertz CT molecular complexity index is 1450. The number of hydrogen-bond acceptors (Lipinski definition) is 5. The maximum absolute atomic E-state index is 12.0. The molecule has 1 fully saturated rings. The number of halogens is 2. The van der Waals surface area contributed by atoms with E-state index in [1.54, 1.807) is 0 Å². The van der Waals surface area contributed by atoms with E-state index < -0.39 is 17.8 Å². The van der Waals surface area contributed by atoms with Crippen molar-refractivity contribution in [3.8, 4) is 0 Å². The van der Waals surface area contributed by atoms with Gasteiger partial charge in [0.15, 0.2) is 0 Å². The average Bonchev–Trinajstić information content (AvgIpc) is 3.05. The summed E-state index contributed by atoms with van der Waals surface area (Å²) in [6, 6.07) is 17.1. The molecule has 3 atom stereocenters. The number of hydrogen-bond donors (Lipinski definition) is 4. The molecule has 3 unspecified atom stereocenters. The number of carbonyl (C=O) groups is 1. The number of piperidine rings is 1. The highest BCUT2D eigenvalue weighted by atomic mass is 79.9. The first-order valence-electron chi connectivity index (χ1n) is 16.7. The van der Waals surface area contributed by atoms with Crippen molar-refractivity contribution in [2.75, 3.05) is 19.6 Å². The maximum Gasteiger partial charge on any atom is 0.407 e. The second-order valence-corrected chi connectivity index (χ2v) is 15.4. The molecule has 2 aliphatic carbocycles. The average molecular weight is 771 g/mol. The number of rotatable bonds is 8. The van der Waals surface area contributed by atoms with Crippen molar-refractivity contribution in [1.82, 2.24) is 10.6 Å². The molecule has 254 valence electrons. The number of benzene rings is 2. The Kier molecular flexibility index (Phi) is 13.3. The largest absolute Gasteiger partial charge is 0.444 e. The molecule has 5 rings (SSSR count). The van der Waals surface area contributed by atoms with E-state index in [0.29, 0.717) is 13.0 Å². The van der Waals surface area contributed by atoms with Crippen molar-refractivity contribution < 1.29 is 19.7 Å². The van der Waals surface area contributed by atoms with Gasteiger partial charge in [-0.15, -0.1) is 0 Å². The van der Waals surface area contributed by atoms with Crippen LogP contribution < -0.4 is 10.6 Å². The van der Waals surface area contributed by atoms with Gasteiger partial charge >= 0.3 is 6.09 Å². The highest BCUT2D eigenvalue weighted by Crippen LogP contribution is 2.43. The van der Waals surface area contributed by atoms with Gasteiger partial charge in [0.05, 0.1) is 12.2 Å². The number of allylic oxidation sites excluding steroid dienone is 4. The highest BCUT2D eigenvalue weighted by molar-refractivity contribution is 9.10. The molecular weight excluding hydrogens is 720 g/mol. The molecule has 1 amide bonds. The second kappa shape index (κ2) is 16.8. The van der Waals surface area contributed by atoms with E-state index in [9.17, 15) is 15.0 Å². The van der Waals surface area contributed by atoms with E-state index in [2.05, 4.69) is 104 Å². The van der Waals surface area contributed by atoms with Gasteiger partial charge in [-0.25, -0.2) is 4.79 Å². The Balaban J connectivity index is 0.000000221. The fourth-order valence-corrected chi connectivity index (χ4v) is 7.32. The quantitative estimate of drug-likeness (QED) is 0.216. The van der Waals surface area contributed by atoms with Crippen LogP contribution in [-0.2, 0) is 15.6 Å². The summed E-state index contributed by atoms with van der Waals surface area (Å²) in [6.07, 6.45) is 16.3. The molecule has 0 spiro atoms. The molecule has 4 N–H and O–H groups in total. The molecule has 0 saturated carbocycles. The molecule has 0 aromatic heterocycles. The predicted molar refractivity (Wildman–Crippen MR) is 199 cm³/mol. The molecule has 0 radical (unpaired) electrons. The van der Waals surface area contributed by atoms with E-state index in [1.807, 2.05) is 51.1 Å². The first-order valence-corrected chi connectivity index (χ1v) is 18.3. The standard InChI is InChI=1S/C22H30BrNO3.C17H20BrNO/c1-5-22(16-6-10-18(23)11-7-16,17-8-12-19(25)13-9-17)14-15-24-20(26)27-21(2,3)4;18-15-5-1-13(2-6-15)17(9-11-19-12-10-17)14-3-7-16(20)8-4-14/h6-12,19,25H,5,13-15H2,1-4H3,(H,24,26);1-7,16,19-20H,8-12H2. The van der Waals surface area contributed by atoms with Crippen LogP contribution in [0.3, 0.4) is 0 Å². The van der Waals surface area contributed by atoms with Crippen LogP contribution in [0.15, 0.2) is 105 Å². The number of alkyl carbamates (subject to hydrolysis) is 1. The number of amides is 1. The minimum Gasteiger partial charge on any atom is -0.444 e. The normalized spacial score (nSPS) is 21.8. The lowest BCUT2D eigenvalue weighted by Crippen LogP contribution is -2.41. The molecule has 1 aliphatic heterocycles. The van der Waals surface area contributed by atoms with E-state index in [-0.39, 0.29) is 16.9 Å². The molecule has 47 heavy (non-hydrogen) atoms. The van der Waals surface area contributed by atoms with Gasteiger partial charge in [0.1, 0.15) is 5.60 Å². The molecule has 2 aromatic carbocycles. The Hall–Kier alpha value is -2.49. The van der Waals surface area contributed by atoms with Crippen LogP contribution in [0.1, 0.15) is 77.3 Å². The smallest absolute Gasteiger partial charge is 0.407 e. The summed E-state index contributed by atoms with van der Waals surface area (Å²) in [5.41, 5.74) is 4.49. The fraction of sp³-hybridized carbons (Fsp3) is 0.462. The topological polar surface area (TPSA) is 90.8 Å². The van der Waals surface area contributed by atoms with E-state index >= 15 is 0 Å². The van der Waals surface area contributed by atoms with Gasteiger partial charge in [-0.2, -0.15) is 0 Å². The van der Waals surface area contributed by atoms with E-state index in [0.717, 1.165) is 54.1 Å². The Morgan fingerprint density at radius 3 is 2.00 bits per heavy atom. The van der Waals surface area contributed by atoms with E-state index in [4.69, 9.17) is 4.74 Å². The van der Waals surface area contributed by atoms with Crippen molar-refractivity contribution in [1.29, 1.82) is 0 Å². The Labute approximate surface area is 297 Å². The van der Waals surface area contributed by atoms with Crippen molar-refractivity contribution in [2.24, 2.45) is 0 Å². The van der Waals surface area contributed by atoms with Crippen LogP contribution in [0.2, 0.25) is 0 Å². The third kappa shape index (κ3) is 10.0. The third-order valence-electron chi connectivity index (χ3n) is 9.33. The third-order valence-corrected chi connectivity index (χ3v) is 10.4. The minimum atomic E-state index is -0.511. The molecule has 6 nitrogen and oxygen atoms in total. The molecule has 1 saturated heterocycles. The van der Waals surface area contributed by atoms with Crippen molar-refractivity contribution >= 4 is 38.0 Å². The summed E-state index contributed by atoms with van der Waals surface area (Å²) >= 11 is 7.02. The first kappa shape index (κ1) is 37.3. The van der Waals surface area contributed by atoms with Gasteiger partial charge in [-0.1, -0.05) is 99.5 Å². The predicted octanol–water partition coefficient (Wildman–Crippen LogP) is 8.58. The number of aliphatic hydroxyl groups excluding tert-OH is 2. The van der Waals surface area contributed by atoms with Gasteiger partial charge in [0.25, 0.3) is 0 Å². The zero-order chi connectivity index (χ0) is 34.1. The summed E-state index contributed by atoms with van der Waals surface area (Å²) < 4.78 is 7.50. The van der Waals surface area contributed by atoms with E-state index in [1.165, 1.54) is 22.3 Å². The molecule has 1 heterocycles. The summed E-state index contributed by atoms with van der Waals surface area (Å²) in [6.45, 7) is 10.3. The van der Waals surface area contributed by atoms with Crippen molar-refractivity contribution in [3.63, 3.8) is 0 Å². The zero-order valence-electron chi connectivity index (χ0n) is 28.1. The fourth-order valence-electron chi connectivity index (χ4n) is 6.80. The van der Waals surface area contributed by atoms with Gasteiger partial charge in [-0.3, -0.25) is 0 Å². The summed E-state index contributed by atoms with van der Waals surface area (Å²) in [4.78, 5) is 12.0. The Morgan fingerprint density at radius 1 is 0.915 bits per heavy atom. The van der Waals surface area contributed by atoms with Crippen LogP contribution in [0, 0.1) is 0 Å². The van der Waals surface area contributed by atoms with Crippen LogP contribution in [0.4, 0.5) is 4.79 Å². The van der Waals surface area contributed by atoms with Gasteiger partial charge < -0.3 is 25.6 Å². The molecule has 2 aromatic rings. The number of ether oxygens (including phenoxy) is 1. The summed E-state index contributed by atoms with van der Waals surface area (Å²) in [5, 5.41) is 25.8. The molecule has 0 bridgehead atoms. The lowest BCUT2D eigenvalue weighted by molar-refractivity contribution is 0.0524. The lowest BCUT2D eigenvalue weighted by atomic mass is 9.67. The highest BCUT2D eigenvalue weighted by Gasteiger charge is 2.37. The second-order valence-electron chi connectivity index (χ2n) is 13.6. The van der Waals surface area contributed by atoms with Crippen LogP contribution in [0.25, 0.3) is 0 Å². The first-order chi connectivity index (χ1) is 22.4. The number of nitrogens with one attached hydrogen (secondary N) is 2. The monoisotopic (exact) mass is 768 g/mol. The molecule has 8 heteroatoms. The lowest BCUT2D eigenvalue weighted by Gasteiger charge is -2.40. The summed E-state index contributed by atoms with van der Waals surface area (Å²) in [5.74, 6) is 0. The summed E-state index contributed by atoms with van der Waals surface area (Å²) in [7, 11) is 0. The van der Waals surface area contributed by atoms with Gasteiger partial charge in [0.2, 0.25) is 0 Å². The zero-order valence-corrected chi connectivity index (χ0v) is 31.2. The van der Waals surface area contributed by atoms with Crippen LogP contribution in [0.5, 0.6) is 0 Å². The maximum atomic E-state index is 12.0. The van der Waals surface area contributed by atoms with Gasteiger partial charge in [0, 0.05) is 26.3 Å².